The topological polar surface area (TPSA) is 141 Å². The maximum atomic E-state index is 13.7. The lowest BCUT2D eigenvalue weighted by Gasteiger charge is -2.44. The van der Waals surface area contributed by atoms with E-state index in [1.807, 2.05) is 13.0 Å². The summed E-state index contributed by atoms with van der Waals surface area (Å²) < 4.78 is 28.0. The predicted molar refractivity (Wildman–Crippen MR) is 162 cm³/mol. The molecule has 0 aromatic heterocycles. The van der Waals surface area contributed by atoms with Crippen LogP contribution >= 0.6 is 0 Å². The molecule has 1 saturated carbocycles. The zero-order valence-electron chi connectivity index (χ0n) is 27.1. The lowest BCUT2D eigenvalue weighted by atomic mass is 9.83. The molecule has 1 aliphatic carbocycles. The average molecular weight is 624 g/mol. The fourth-order valence-electron chi connectivity index (χ4n) is 6.69. The summed E-state index contributed by atoms with van der Waals surface area (Å²) >= 11 is 0. The average Bonchev–Trinajstić information content (AvgIpc) is 3.02. The van der Waals surface area contributed by atoms with E-state index in [2.05, 4.69) is 12.7 Å². The molecule has 0 radical (unpaired) electrons. The van der Waals surface area contributed by atoms with Gasteiger partial charge in [-0.2, -0.15) is 0 Å². The van der Waals surface area contributed by atoms with Crippen LogP contribution in [0.2, 0.25) is 0 Å². The van der Waals surface area contributed by atoms with Gasteiger partial charge in [0.15, 0.2) is 0 Å². The number of ether oxygens (including phenoxy) is 5. The Bertz CT molecular complexity index is 1020. The van der Waals surface area contributed by atoms with Crippen LogP contribution < -0.4 is 0 Å². The maximum absolute atomic E-state index is 13.7. The quantitative estimate of drug-likeness (QED) is 0.128. The predicted octanol–water partition coefficient (Wildman–Crippen LogP) is 3.10. The summed E-state index contributed by atoms with van der Waals surface area (Å²) in [4.78, 5) is 42.2. The number of hydrogen-bond donors (Lipinski definition) is 2. The van der Waals surface area contributed by atoms with Crippen molar-refractivity contribution < 1.29 is 48.3 Å². The normalized spacial score (nSPS) is 33.8. The highest BCUT2D eigenvalue weighted by molar-refractivity contribution is 6.39. The molecular weight excluding hydrogens is 570 g/mol. The number of amides is 1. The molecule has 0 spiro atoms. The zero-order valence-corrected chi connectivity index (χ0v) is 27.1. The monoisotopic (exact) mass is 623 g/mol. The highest BCUT2D eigenvalue weighted by Gasteiger charge is 2.55. The maximum Gasteiger partial charge on any atom is 0.329 e. The number of unbranched alkanes of at least 4 members (excludes halogenated alkanes) is 1. The van der Waals surface area contributed by atoms with E-state index in [1.54, 1.807) is 14.0 Å². The molecule has 2 aliphatic heterocycles. The van der Waals surface area contributed by atoms with Crippen LogP contribution in [0.15, 0.2) is 24.3 Å². The minimum Gasteiger partial charge on any atom is -0.456 e. The first-order valence-corrected chi connectivity index (χ1v) is 16.0. The van der Waals surface area contributed by atoms with Gasteiger partial charge in [0.2, 0.25) is 5.79 Å². The Morgan fingerprint density at radius 1 is 1.09 bits per heavy atom. The van der Waals surface area contributed by atoms with E-state index in [0.29, 0.717) is 38.5 Å². The van der Waals surface area contributed by atoms with Crippen molar-refractivity contribution in [3.63, 3.8) is 0 Å². The summed E-state index contributed by atoms with van der Waals surface area (Å²) in [6, 6.07) is -0.957. The first-order valence-electron chi connectivity index (χ1n) is 16.0. The second kappa shape index (κ2) is 17.0. The van der Waals surface area contributed by atoms with Crippen LogP contribution in [0.4, 0.5) is 0 Å². The van der Waals surface area contributed by atoms with Crippen LogP contribution in [0.3, 0.4) is 0 Å². The van der Waals surface area contributed by atoms with Crippen molar-refractivity contribution in [2.45, 2.75) is 120 Å². The molecule has 2 saturated heterocycles. The van der Waals surface area contributed by atoms with Gasteiger partial charge in [-0.05, 0) is 82.6 Å². The van der Waals surface area contributed by atoms with Gasteiger partial charge < -0.3 is 38.8 Å². The molecule has 5 unspecified atom stereocenters. The van der Waals surface area contributed by atoms with Crippen LogP contribution in [-0.4, -0.2) is 110 Å². The van der Waals surface area contributed by atoms with Crippen LogP contribution in [0.1, 0.15) is 78.1 Å². The summed E-state index contributed by atoms with van der Waals surface area (Å²) in [6.07, 6.45) is 7.68. The number of Topliss-reactive ketones (excluding diaryl/α,β-unsaturated/α-hetero) is 1. The third-order valence-corrected chi connectivity index (χ3v) is 9.43. The Labute approximate surface area is 261 Å². The first kappa shape index (κ1) is 36.3. The number of nitrogens with zero attached hydrogens (tertiary/aromatic N) is 1. The van der Waals surface area contributed by atoms with E-state index in [0.717, 1.165) is 24.8 Å². The van der Waals surface area contributed by atoms with Crippen LogP contribution in [0.5, 0.6) is 0 Å². The fourth-order valence-corrected chi connectivity index (χ4v) is 6.69. The van der Waals surface area contributed by atoms with Crippen molar-refractivity contribution >= 4 is 17.7 Å². The van der Waals surface area contributed by atoms with Crippen molar-refractivity contribution in [2.24, 2.45) is 11.8 Å². The van der Waals surface area contributed by atoms with Gasteiger partial charge in [0.25, 0.3) is 11.7 Å². The molecule has 2 N–H and O–H groups in total. The van der Waals surface area contributed by atoms with Crippen molar-refractivity contribution in [1.82, 2.24) is 4.90 Å². The molecule has 44 heavy (non-hydrogen) atoms. The third-order valence-electron chi connectivity index (χ3n) is 9.43. The van der Waals surface area contributed by atoms with E-state index in [4.69, 9.17) is 23.7 Å². The number of ketones is 1. The van der Waals surface area contributed by atoms with Crippen LogP contribution in [-0.2, 0) is 38.1 Å². The molecule has 11 nitrogen and oxygen atoms in total. The van der Waals surface area contributed by atoms with E-state index in [-0.39, 0.29) is 31.6 Å². The second-order valence-electron chi connectivity index (χ2n) is 12.5. The third kappa shape index (κ3) is 8.76. The molecule has 0 aromatic carbocycles. The largest absolute Gasteiger partial charge is 0.456 e. The molecule has 0 bridgehead atoms. The van der Waals surface area contributed by atoms with Gasteiger partial charge in [0.05, 0.1) is 24.9 Å². The summed E-state index contributed by atoms with van der Waals surface area (Å²) in [5, 5.41) is 21.6. The van der Waals surface area contributed by atoms with Crippen molar-refractivity contribution in [3.8, 4) is 0 Å². The van der Waals surface area contributed by atoms with Crippen molar-refractivity contribution in [2.75, 3.05) is 34.5 Å². The number of hydrogen-bond acceptors (Lipinski definition) is 10. The van der Waals surface area contributed by atoms with Gasteiger partial charge in [-0.25, -0.2) is 4.79 Å². The number of aliphatic hydroxyl groups excluding tert-OH is 1. The molecule has 250 valence electrons. The molecule has 2 heterocycles. The van der Waals surface area contributed by atoms with E-state index in [1.165, 1.54) is 19.1 Å². The lowest BCUT2D eigenvalue weighted by molar-refractivity contribution is -0.291. The highest BCUT2D eigenvalue weighted by Crippen LogP contribution is 2.36. The summed E-state index contributed by atoms with van der Waals surface area (Å²) in [6.45, 7) is 7.62. The SMILES string of the molecule is C=CCCCC(OC(=O)[C@@H]1CCCCN1C(=O)C(=O)C1(O)O[C@H](COC)C(OC)C[C@H]1C)C(C)=C[C@@H]1CCC(O)C(OC)C1. The Balaban J connectivity index is 1.77. The Morgan fingerprint density at radius 3 is 2.48 bits per heavy atom. The van der Waals surface area contributed by atoms with Crippen molar-refractivity contribution in [3.05, 3.63) is 24.3 Å². The number of allylic oxidation sites excluding steroid dienone is 2. The molecule has 3 fully saturated rings. The van der Waals surface area contributed by atoms with Crippen molar-refractivity contribution in [1.29, 1.82) is 0 Å². The number of aliphatic hydroxyl groups is 2. The van der Waals surface area contributed by atoms with Gasteiger partial charge in [-0.3, -0.25) is 9.59 Å². The first-order chi connectivity index (χ1) is 21.0. The standard InChI is InChI=1S/C33H53NO10/c1-7-8-9-13-26(21(2)17-23-14-15-25(35)27(19-23)41-5)43-32(38)24-12-10-11-16-34(24)31(37)30(36)33(39)22(3)18-28(42-6)29(44-33)20-40-4/h7,17,22-29,35,39H,1,8-16,18-20H2,2-6H3/t22-,23+,24+,25?,26?,27?,28?,29-,33?/m1/s1. The number of rotatable bonds is 14. The number of carbonyl (C=O) groups is 3. The number of esters is 1. The molecule has 9 atom stereocenters. The van der Waals surface area contributed by atoms with Gasteiger partial charge in [-0.1, -0.05) is 19.1 Å². The molecule has 11 heteroatoms. The van der Waals surface area contributed by atoms with Gasteiger partial charge in [0, 0.05) is 33.8 Å². The molecule has 3 rings (SSSR count). The Hall–Kier alpha value is -2.15. The Kier molecular flexibility index (Phi) is 14.0. The number of likely N-dealkylation sites (tertiary alicyclic amines) is 1. The second-order valence-corrected chi connectivity index (χ2v) is 12.5. The highest BCUT2D eigenvalue weighted by atomic mass is 16.7. The van der Waals surface area contributed by atoms with E-state index < -0.39 is 59.8 Å². The summed E-state index contributed by atoms with van der Waals surface area (Å²) in [5.41, 5.74) is 0.902. The van der Waals surface area contributed by atoms with E-state index in [9.17, 15) is 24.6 Å². The molecule has 3 aliphatic rings. The van der Waals surface area contributed by atoms with Crippen LogP contribution in [0, 0.1) is 11.8 Å². The Morgan fingerprint density at radius 2 is 1.82 bits per heavy atom. The van der Waals surface area contributed by atoms with Gasteiger partial charge in [-0.15, -0.1) is 6.58 Å². The number of methoxy groups -OCH3 is 3. The fraction of sp³-hybridized carbons (Fsp3) is 0.788. The number of piperidine rings is 1. The van der Waals surface area contributed by atoms with E-state index >= 15 is 0 Å². The minimum absolute atomic E-state index is 0.0708. The lowest BCUT2D eigenvalue weighted by Crippen LogP contribution is -2.63. The molecular formula is C33H53NO10. The summed E-state index contributed by atoms with van der Waals surface area (Å²) in [7, 11) is 4.59. The van der Waals surface area contributed by atoms with Crippen LogP contribution in [0.25, 0.3) is 0 Å². The smallest absolute Gasteiger partial charge is 0.329 e. The molecule has 1 amide bonds. The zero-order chi connectivity index (χ0) is 32.4. The van der Waals surface area contributed by atoms with Gasteiger partial charge >= 0.3 is 5.97 Å². The molecule has 0 aromatic rings. The van der Waals surface area contributed by atoms with Gasteiger partial charge in [0.1, 0.15) is 18.2 Å². The number of carbonyl (C=O) groups excluding carboxylic acids is 3. The minimum atomic E-state index is -2.37. The summed E-state index contributed by atoms with van der Waals surface area (Å²) in [5.74, 6) is -5.57.